The Hall–Kier alpha value is 0.710. The molecular weight excluding hydrogens is 832 g/mol. The summed E-state index contributed by atoms with van der Waals surface area (Å²) in [7, 11) is -4.63. The molecule has 0 heterocycles. The Morgan fingerprint density at radius 2 is 0.922 bits per heavy atom. The Kier molecular flexibility index (Phi) is 21.5. The van der Waals surface area contributed by atoms with Gasteiger partial charge >= 0.3 is 29.6 Å². The molecule has 64 heavy (non-hydrogen) atoms. The first kappa shape index (κ1) is 59.0. The fourth-order valence-electron chi connectivity index (χ4n) is 18.4. The molecule has 0 spiro atoms. The first-order chi connectivity index (χ1) is 29.1. The molecule has 0 aromatic rings. The van der Waals surface area contributed by atoms with Gasteiger partial charge in [-0.05, 0) is 201 Å². The Balaban J connectivity index is 0.000000309. The molecule has 8 rings (SSSR count). The van der Waals surface area contributed by atoms with Crippen molar-refractivity contribution in [2.75, 3.05) is 6.61 Å². The molecule has 8 aliphatic carbocycles. The van der Waals surface area contributed by atoms with E-state index in [4.69, 9.17) is 0 Å². The van der Waals surface area contributed by atoms with Gasteiger partial charge in [0.15, 0.2) is 0 Å². The van der Waals surface area contributed by atoms with Crippen LogP contribution in [-0.4, -0.2) is 64.4 Å². The molecule has 0 amide bonds. The summed E-state index contributed by atoms with van der Waals surface area (Å²) < 4.78 is 36.9. The van der Waals surface area contributed by atoms with Crippen molar-refractivity contribution in [1.29, 1.82) is 0 Å². The number of hydrogen-bond donors (Lipinski definition) is 4. The number of fused-ring (bicyclic) bond motifs is 10. The van der Waals surface area contributed by atoms with Gasteiger partial charge in [0.2, 0.25) is 10.4 Å². The van der Waals surface area contributed by atoms with E-state index in [1.54, 1.807) is 0 Å². The van der Waals surface area contributed by atoms with Gasteiger partial charge in [0.1, 0.15) is 0 Å². The molecule has 10 heteroatoms. The largest absolute Gasteiger partial charge is 1.00 e. The van der Waals surface area contributed by atoms with Crippen molar-refractivity contribution in [1.82, 2.24) is 0 Å². The van der Waals surface area contributed by atoms with Crippen LogP contribution in [0.1, 0.15) is 207 Å². The van der Waals surface area contributed by atoms with E-state index in [0.717, 1.165) is 76.0 Å². The third-order valence-corrected chi connectivity index (χ3v) is 21.8. The molecule has 0 saturated heterocycles. The number of hydrogen-bond acceptors (Lipinski definition) is 8. The summed E-state index contributed by atoms with van der Waals surface area (Å²) in [6, 6.07) is 0. The molecule has 0 aromatic carbocycles. The minimum Gasteiger partial charge on any atom is -0.726 e. The average Bonchev–Trinajstić information content (AvgIpc) is 3.78. The summed E-state index contributed by atoms with van der Waals surface area (Å²) in [4.78, 5) is 0. The predicted octanol–water partition coefficient (Wildman–Crippen LogP) is 9.08. The monoisotopic (exact) mass is 933 g/mol. The molecule has 8 fully saturated rings. The average molecular weight is 933 g/mol. The Labute approximate surface area is 417 Å². The SMILES string of the molecule is C.CC.CC.CCC[C@@H](C)[C@H]1CCC2C3C(CC[C@@]21C)[C@@]1(C)CC[C@@H](O)C[C@H]1[C@@H](C)[C@H]3O.C[C@H]1[C@@H](O)C2C3CC[C@H]([C@H](C)CCOS(=O)(=O)[O-])[C@@]3(C)CCC2[C@@]2(C)CC[C@@H](O)C[C@@H]12.[Na+]. The van der Waals surface area contributed by atoms with Crippen LogP contribution in [0, 0.1) is 105 Å². The van der Waals surface area contributed by atoms with E-state index in [2.05, 4.69) is 66.5 Å². The normalized spacial score (nSPS) is 48.5. The van der Waals surface area contributed by atoms with E-state index in [-0.39, 0.29) is 90.7 Å². The Morgan fingerprint density at radius 3 is 1.28 bits per heavy atom. The van der Waals surface area contributed by atoms with E-state index in [1.807, 2.05) is 27.7 Å². The van der Waals surface area contributed by atoms with E-state index >= 15 is 0 Å². The third-order valence-electron chi connectivity index (χ3n) is 21.3. The van der Waals surface area contributed by atoms with Gasteiger partial charge in [-0.25, -0.2) is 8.42 Å². The van der Waals surface area contributed by atoms with E-state index < -0.39 is 10.4 Å². The van der Waals surface area contributed by atoms with Crippen LogP contribution < -0.4 is 29.6 Å². The molecule has 22 atom stereocenters. The third kappa shape index (κ3) is 10.8. The predicted molar refractivity (Wildman–Crippen MR) is 257 cm³/mol. The summed E-state index contributed by atoms with van der Waals surface area (Å²) in [5.74, 6) is 7.00. The maximum atomic E-state index is 11.5. The zero-order valence-electron chi connectivity index (χ0n) is 43.0. The van der Waals surface area contributed by atoms with Crippen LogP contribution in [0.3, 0.4) is 0 Å². The van der Waals surface area contributed by atoms with Crippen molar-refractivity contribution in [2.24, 2.45) is 105 Å². The molecule has 8 saturated carbocycles. The Bertz CT molecular complexity index is 1550. The molecule has 0 radical (unpaired) electrons. The molecule has 0 aromatic heterocycles. The number of aliphatic hydroxyl groups is 4. The summed E-state index contributed by atoms with van der Waals surface area (Å²) in [5, 5.41) is 43.7. The van der Waals surface area contributed by atoms with E-state index in [0.29, 0.717) is 76.4 Å². The van der Waals surface area contributed by atoms with Crippen LogP contribution in [0.4, 0.5) is 0 Å². The maximum absolute atomic E-state index is 11.5. The quantitative estimate of drug-likeness (QED) is 0.107. The van der Waals surface area contributed by atoms with Crippen molar-refractivity contribution in [3.63, 3.8) is 0 Å². The molecule has 6 unspecified atom stereocenters. The van der Waals surface area contributed by atoms with Gasteiger partial charge < -0.3 is 25.0 Å². The topological polar surface area (TPSA) is 147 Å². The summed E-state index contributed by atoms with van der Waals surface area (Å²) in [6.07, 6.45) is 18.0. The molecule has 8 nitrogen and oxygen atoms in total. The number of aliphatic hydroxyl groups excluding tert-OH is 4. The number of rotatable bonds is 8. The second kappa shape index (κ2) is 23.3. The first-order valence-electron chi connectivity index (χ1n) is 26.4. The van der Waals surface area contributed by atoms with Crippen molar-refractivity contribution in [3.8, 4) is 0 Å². The van der Waals surface area contributed by atoms with Crippen molar-refractivity contribution < 1.29 is 67.1 Å². The van der Waals surface area contributed by atoms with Crippen LogP contribution in [-0.2, 0) is 14.6 Å². The van der Waals surface area contributed by atoms with Crippen LogP contribution in [0.5, 0.6) is 0 Å². The molecule has 4 N–H and O–H groups in total. The van der Waals surface area contributed by atoms with Crippen LogP contribution >= 0.6 is 0 Å². The molecule has 8 aliphatic rings. The molecular formula is C54H101NaO8S. The molecule has 372 valence electrons. The minimum absolute atomic E-state index is 0. The van der Waals surface area contributed by atoms with E-state index in [9.17, 15) is 33.4 Å². The first-order valence-corrected chi connectivity index (χ1v) is 27.8. The van der Waals surface area contributed by atoms with Crippen LogP contribution in [0.25, 0.3) is 0 Å². The smallest absolute Gasteiger partial charge is 0.726 e. The van der Waals surface area contributed by atoms with E-state index in [1.165, 1.54) is 38.5 Å². The summed E-state index contributed by atoms with van der Waals surface area (Å²) in [5.41, 5.74) is 1.10. The zero-order valence-corrected chi connectivity index (χ0v) is 45.8. The van der Waals surface area contributed by atoms with Gasteiger partial charge in [0, 0.05) is 0 Å². The van der Waals surface area contributed by atoms with Gasteiger partial charge in [-0.2, -0.15) is 0 Å². The van der Waals surface area contributed by atoms with Crippen LogP contribution in [0.15, 0.2) is 0 Å². The fourth-order valence-corrected chi connectivity index (χ4v) is 18.7. The van der Waals surface area contributed by atoms with Crippen LogP contribution in [0.2, 0.25) is 0 Å². The maximum Gasteiger partial charge on any atom is 1.00 e. The van der Waals surface area contributed by atoms with Gasteiger partial charge in [0.25, 0.3) is 0 Å². The Morgan fingerprint density at radius 1 is 0.578 bits per heavy atom. The molecule has 0 bridgehead atoms. The second-order valence-corrected chi connectivity index (χ2v) is 24.6. The van der Waals surface area contributed by atoms with Gasteiger partial charge in [-0.1, -0.05) is 110 Å². The summed E-state index contributed by atoms with van der Waals surface area (Å²) in [6.45, 7) is 29.4. The van der Waals surface area contributed by atoms with Gasteiger partial charge in [0.05, 0.1) is 31.0 Å². The van der Waals surface area contributed by atoms with Crippen molar-refractivity contribution in [3.05, 3.63) is 0 Å². The second-order valence-electron chi connectivity index (χ2n) is 23.6. The summed E-state index contributed by atoms with van der Waals surface area (Å²) >= 11 is 0. The zero-order chi connectivity index (χ0) is 46.3. The van der Waals surface area contributed by atoms with Crippen molar-refractivity contribution in [2.45, 2.75) is 231 Å². The minimum atomic E-state index is -4.63. The van der Waals surface area contributed by atoms with Crippen molar-refractivity contribution >= 4 is 10.4 Å². The van der Waals surface area contributed by atoms with Gasteiger partial charge in [-0.15, -0.1) is 0 Å². The fraction of sp³-hybridized carbons (Fsp3) is 1.00. The molecule has 0 aliphatic heterocycles. The standard InChI is InChI=1S/C25H44O2.C24H42O6S.2C2H6.CH4.Na/c1-6-7-15(2)18-8-9-19-22-20(11-13-24(18,19)4)25(5)12-10-17(26)14-21(25)16(3)23(22)27;1-14(9-12-30-31(27,28)29)17-5-6-18-21-19(8-11-23(17,18)3)24(4)10-7-16(25)13-20(24)15(2)22(21)26;2*1-2;;/h15-23,26-27H,6-14H2,1-5H3;14-22,25-26H,5-13H2,1-4H3,(H,27,28,29);2*1-2H3;1H4;/q;;;;;+1/p-1/t15-,16-,17-,18-,19?,20?,21+,22?,23-,24-,25-;14-,15-,16-,17-,18?,19?,20+,21?,22-,23-,24-;;;;/m11..../s1. The van der Waals surface area contributed by atoms with Gasteiger partial charge in [-0.3, -0.25) is 4.18 Å².